The fraction of sp³-hybridized carbons (Fsp3) is 0.971. The minimum atomic E-state index is -0.741. The molecule has 6 aliphatic carbocycles. The van der Waals surface area contributed by atoms with E-state index < -0.39 is 57.6 Å². The van der Waals surface area contributed by atoms with E-state index in [0.717, 1.165) is 270 Å². The number of aliphatic hydroxyl groups is 13. The first kappa shape index (κ1) is 116. The number of hydrogen-bond donors (Lipinski definition) is 16. The molecule has 19 heteroatoms. The first-order chi connectivity index (χ1) is 57.9. The number of carboxylic acid groups (broad SMARTS) is 3. The summed E-state index contributed by atoms with van der Waals surface area (Å²) in [5.74, 6) is 2.18. The molecule has 0 heterocycles. The Morgan fingerprint density at radius 2 is 0.403 bits per heavy atom. The van der Waals surface area contributed by atoms with Gasteiger partial charge in [-0.1, -0.05) is 157 Å². The lowest BCUT2D eigenvalue weighted by atomic mass is 9.70. The fourth-order valence-electron chi connectivity index (χ4n) is 21.7. The number of carboxylic acids is 3. The summed E-state index contributed by atoms with van der Waals surface area (Å²) in [7, 11) is 0. The van der Waals surface area contributed by atoms with Gasteiger partial charge in [0.1, 0.15) is 0 Å². The SMILES string of the molecule is CC(C)(CCCCC1CCCC(CCC2CCCC(CCCCC(C)(C)C(=O)O)C2O)C1O)C(=O)O.CC(C)(CO)CCCCC1CCCC(CCC2CCCC(CCCCC(C)(C)C(=O)O)C2O)C1O.CC(C)(CO)CCCCC1CCCC(CCC2CCCC(CCCCC(C)(C)CO)C2O)C1O.CC(C)(O)CCC(O)CCCC(O)CCC(C)(C)O. The van der Waals surface area contributed by atoms with Crippen molar-refractivity contribution in [2.75, 3.05) is 19.8 Å². The van der Waals surface area contributed by atoms with Crippen molar-refractivity contribution in [1.82, 2.24) is 0 Å². The average molecular weight is 1770 g/mol. The lowest BCUT2D eigenvalue weighted by Gasteiger charge is -2.38. The van der Waals surface area contributed by atoms with Crippen LogP contribution >= 0.6 is 0 Å². The topological polar surface area (TPSA) is 375 Å². The molecule has 0 spiro atoms. The Bertz CT molecular complexity index is 2660. The van der Waals surface area contributed by atoms with Gasteiger partial charge in [-0.3, -0.25) is 14.4 Å². The summed E-state index contributed by atoms with van der Waals surface area (Å²) in [5, 5.41) is 161. The van der Waals surface area contributed by atoms with Crippen molar-refractivity contribution < 1.29 is 96.1 Å². The number of aliphatic carboxylic acids is 3. The van der Waals surface area contributed by atoms with E-state index in [-0.39, 0.29) is 72.7 Å². The predicted octanol–water partition coefficient (Wildman–Crippen LogP) is 21.7. The van der Waals surface area contributed by atoms with Gasteiger partial charge in [-0.2, -0.15) is 0 Å². The molecule has 0 bridgehead atoms. The zero-order chi connectivity index (χ0) is 93.3. The van der Waals surface area contributed by atoms with Gasteiger partial charge in [0, 0.05) is 19.8 Å². The highest BCUT2D eigenvalue weighted by Crippen LogP contribution is 2.46. The predicted molar refractivity (Wildman–Crippen MR) is 503 cm³/mol. The first-order valence-electron chi connectivity index (χ1n) is 51.3. The minimum absolute atomic E-state index is 0.00146. The molecule has 0 saturated heterocycles. The molecule has 19 nitrogen and oxygen atoms in total. The normalized spacial score (nSPS) is 28.2. The largest absolute Gasteiger partial charge is 0.481 e. The number of carbonyl (C=O) groups is 3. The van der Waals surface area contributed by atoms with Crippen molar-refractivity contribution in [2.24, 2.45) is 104 Å². The van der Waals surface area contributed by atoms with Gasteiger partial charge in [0.2, 0.25) is 0 Å². The summed E-state index contributed by atoms with van der Waals surface area (Å²) >= 11 is 0. The molecule has 20 atom stereocenters. The van der Waals surface area contributed by atoms with Crippen LogP contribution in [0.1, 0.15) is 464 Å². The zero-order valence-corrected chi connectivity index (χ0v) is 82.4. The summed E-state index contributed by atoms with van der Waals surface area (Å²) in [6.45, 7) is 31.1. The van der Waals surface area contributed by atoms with E-state index in [1.807, 2.05) is 0 Å². The summed E-state index contributed by atoms with van der Waals surface area (Å²) in [5.41, 5.74) is -3.45. The monoisotopic (exact) mass is 1770 g/mol. The van der Waals surface area contributed by atoms with Gasteiger partial charge in [-0.05, 0) is 394 Å². The third-order valence-electron chi connectivity index (χ3n) is 31.6. The second-order valence-corrected chi connectivity index (χ2v) is 47.3. The zero-order valence-electron chi connectivity index (χ0n) is 82.4. The maximum absolute atomic E-state index is 11.3. The molecule has 6 aliphatic rings. The van der Waals surface area contributed by atoms with Crippen LogP contribution in [0.15, 0.2) is 0 Å². The molecule has 124 heavy (non-hydrogen) atoms. The van der Waals surface area contributed by atoms with Gasteiger partial charge in [-0.15, -0.1) is 0 Å². The van der Waals surface area contributed by atoms with Crippen LogP contribution in [-0.2, 0) is 14.4 Å². The van der Waals surface area contributed by atoms with Gasteiger partial charge in [0.15, 0.2) is 0 Å². The molecule has 6 rings (SSSR count). The lowest BCUT2D eigenvalue weighted by Crippen LogP contribution is -2.36. The highest BCUT2D eigenvalue weighted by atomic mass is 16.4. The molecule has 0 amide bonds. The number of unbranched alkanes of at least 4 members (excludes halogenated alkanes) is 6. The van der Waals surface area contributed by atoms with Gasteiger partial charge in [0.25, 0.3) is 0 Å². The Morgan fingerprint density at radius 1 is 0.242 bits per heavy atom. The van der Waals surface area contributed by atoms with E-state index in [1.165, 1.54) is 25.7 Å². The van der Waals surface area contributed by atoms with E-state index in [2.05, 4.69) is 41.5 Å². The van der Waals surface area contributed by atoms with Crippen LogP contribution in [-0.4, -0.2) is 179 Å². The molecule has 0 aliphatic heterocycles. The Kier molecular flexibility index (Phi) is 54.4. The molecular formula is C105H200O19. The van der Waals surface area contributed by atoms with E-state index >= 15 is 0 Å². The van der Waals surface area contributed by atoms with Crippen LogP contribution in [0, 0.1) is 104 Å². The first-order valence-corrected chi connectivity index (χ1v) is 51.3. The van der Waals surface area contributed by atoms with Crippen molar-refractivity contribution in [3.8, 4) is 0 Å². The summed E-state index contributed by atoms with van der Waals surface area (Å²) in [4.78, 5) is 33.9. The molecule has 0 radical (unpaired) electrons. The van der Waals surface area contributed by atoms with E-state index in [0.29, 0.717) is 129 Å². The van der Waals surface area contributed by atoms with E-state index in [9.17, 15) is 96.1 Å². The van der Waals surface area contributed by atoms with Crippen molar-refractivity contribution >= 4 is 17.9 Å². The molecule has 16 N–H and O–H groups in total. The smallest absolute Gasteiger partial charge is 0.309 e. The molecular weight excluding hydrogens is 1570 g/mol. The van der Waals surface area contributed by atoms with Crippen LogP contribution < -0.4 is 0 Å². The average Bonchev–Trinajstić information content (AvgIpc) is 0.845. The highest BCUT2D eigenvalue weighted by molar-refractivity contribution is 5.74. The Hall–Kier alpha value is -2.11. The number of rotatable bonds is 55. The van der Waals surface area contributed by atoms with Gasteiger partial charge >= 0.3 is 17.9 Å². The van der Waals surface area contributed by atoms with Gasteiger partial charge in [-0.25, -0.2) is 0 Å². The molecule has 0 aromatic rings. The maximum Gasteiger partial charge on any atom is 0.309 e. The Morgan fingerprint density at radius 3 is 0.556 bits per heavy atom. The lowest BCUT2D eigenvalue weighted by molar-refractivity contribution is -0.148. The maximum atomic E-state index is 11.3. The summed E-state index contributed by atoms with van der Waals surface area (Å²) < 4.78 is 0. The second kappa shape index (κ2) is 58.1. The molecule has 0 aromatic heterocycles. The van der Waals surface area contributed by atoms with Crippen LogP contribution in [0.3, 0.4) is 0 Å². The van der Waals surface area contributed by atoms with Gasteiger partial charge in [0.05, 0.1) is 76.3 Å². The van der Waals surface area contributed by atoms with Crippen LogP contribution in [0.25, 0.3) is 0 Å². The minimum Gasteiger partial charge on any atom is -0.481 e. The molecule has 734 valence electrons. The van der Waals surface area contributed by atoms with E-state index in [4.69, 9.17) is 0 Å². The van der Waals surface area contributed by atoms with Crippen molar-refractivity contribution in [1.29, 1.82) is 0 Å². The second-order valence-electron chi connectivity index (χ2n) is 47.3. The van der Waals surface area contributed by atoms with Crippen LogP contribution in [0.2, 0.25) is 0 Å². The molecule has 0 aromatic carbocycles. The quantitative estimate of drug-likeness (QED) is 0.0252. The van der Waals surface area contributed by atoms with E-state index in [1.54, 1.807) is 69.2 Å². The number of aliphatic hydroxyl groups excluding tert-OH is 11. The fourth-order valence-corrected chi connectivity index (χ4v) is 21.7. The summed E-state index contributed by atoms with van der Waals surface area (Å²) in [6, 6.07) is 0. The highest BCUT2D eigenvalue weighted by Gasteiger charge is 2.41. The van der Waals surface area contributed by atoms with Crippen molar-refractivity contribution in [2.45, 2.75) is 524 Å². The van der Waals surface area contributed by atoms with Crippen molar-refractivity contribution in [3.63, 3.8) is 0 Å². The molecule has 6 saturated carbocycles. The Balaban J connectivity index is 0.000000436. The number of hydrogen-bond acceptors (Lipinski definition) is 16. The summed E-state index contributed by atoms with van der Waals surface area (Å²) in [6.07, 6.45) is 52.6. The van der Waals surface area contributed by atoms with Crippen LogP contribution in [0.4, 0.5) is 0 Å². The molecule has 20 unspecified atom stereocenters. The Labute approximate surface area is 757 Å². The third kappa shape index (κ3) is 47.0. The third-order valence-corrected chi connectivity index (χ3v) is 31.6. The molecule has 6 fully saturated rings. The van der Waals surface area contributed by atoms with Crippen LogP contribution in [0.5, 0.6) is 0 Å². The van der Waals surface area contributed by atoms with Crippen molar-refractivity contribution in [3.05, 3.63) is 0 Å². The standard InChI is InChI=1S/C30H54O6.C30H56O5.C30H58O4.C15H32O4/c1-29(2,27(33)34)19-7-5-11-21-13-9-15-23(25(21)31)17-18-24-16-10-14-22(26(24)32)12-6-8-20-30(3,4)28(35)36;1-29(2,21-31)19-7-5-11-22-13-9-15-24(26(22)32)17-18-25-16-10-14-23(27(25)33)12-6-8-20-30(3,4)28(34)35;1-29(2,21-31)19-7-5-11-23-13-9-15-25(27(23)33)17-18-26-16-10-14-24(28(26)34)12-6-8-20-30(3,4)22-32;1-14(2,18)10-8-12(16)6-5-7-13(17)9-11-15(3,4)19/h21-26,31-32H,5-20H2,1-4H3,(H,33,34)(H,35,36);22-27,31-33H,5-21H2,1-4H3,(H,34,35);23-28,31-34H,5-22H2,1-4H3;12-13,16-19H,5-11H2,1-4H3. The van der Waals surface area contributed by atoms with Gasteiger partial charge < -0.3 is 81.7 Å².